The predicted molar refractivity (Wildman–Crippen MR) is 143 cm³/mol. The highest BCUT2D eigenvalue weighted by Crippen LogP contribution is 2.31. The van der Waals surface area contributed by atoms with Crippen LogP contribution in [0, 0.1) is 0 Å². The molecule has 4 heterocycles. The number of nitrogens with zero attached hydrogens (tertiary/aromatic N) is 6. The first kappa shape index (κ1) is 25.0. The van der Waals surface area contributed by atoms with E-state index in [4.69, 9.17) is 4.98 Å². The molecule has 0 saturated carbocycles. The summed E-state index contributed by atoms with van der Waals surface area (Å²) in [5.74, 6) is 1.17. The minimum Gasteiger partial charge on any atom is -0.324 e. The minimum absolute atomic E-state index is 0.0789. The molecule has 0 aliphatic carbocycles. The molecule has 1 aliphatic rings. The Morgan fingerprint density at radius 2 is 1.97 bits per heavy atom. The molecule has 9 nitrogen and oxygen atoms in total. The Hall–Kier alpha value is -3.66. The fourth-order valence-electron chi connectivity index (χ4n) is 4.82. The zero-order valence-corrected chi connectivity index (χ0v) is 22.1. The van der Waals surface area contributed by atoms with Gasteiger partial charge in [-0.1, -0.05) is 19.9 Å². The summed E-state index contributed by atoms with van der Waals surface area (Å²) in [4.78, 5) is 31.4. The van der Waals surface area contributed by atoms with Gasteiger partial charge >= 0.3 is 0 Å². The molecule has 0 saturated heterocycles. The van der Waals surface area contributed by atoms with Crippen LogP contribution in [0.25, 0.3) is 16.9 Å². The fourth-order valence-corrected chi connectivity index (χ4v) is 4.82. The number of rotatable bonds is 6. The monoisotopic (exact) mass is 504 g/mol. The van der Waals surface area contributed by atoms with E-state index in [2.05, 4.69) is 51.6 Å². The third kappa shape index (κ3) is 4.39. The van der Waals surface area contributed by atoms with Gasteiger partial charge in [0.2, 0.25) is 5.95 Å². The maximum atomic E-state index is 13.7. The van der Waals surface area contributed by atoms with Gasteiger partial charge in [0, 0.05) is 35.7 Å². The summed E-state index contributed by atoms with van der Waals surface area (Å²) in [6, 6.07) is 7.80. The molecule has 5 rings (SSSR count). The maximum Gasteiger partial charge on any atom is 0.278 e. The summed E-state index contributed by atoms with van der Waals surface area (Å²) < 4.78 is 17.0. The van der Waals surface area contributed by atoms with Crippen LogP contribution in [0.4, 0.5) is 16.0 Å². The van der Waals surface area contributed by atoms with E-state index in [1.54, 1.807) is 41.7 Å². The van der Waals surface area contributed by atoms with Gasteiger partial charge in [0.25, 0.3) is 5.56 Å². The second kappa shape index (κ2) is 9.02. The van der Waals surface area contributed by atoms with E-state index in [-0.39, 0.29) is 17.1 Å². The summed E-state index contributed by atoms with van der Waals surface area (Å²) in [7, 11) is 0. The quantitative estimate of drug-likeness (QED) is 0.403. The number of fused-ring (bicyclic) bond motifs is 2. The second-order valence-corrected chi connectivity index (χ2v) is 11.0. The highest BCUT2D eigenvalue weighted by atomic mass is 19.1. The summed E-state index contributed by atoms with van der Waals surface area (Å²) in [5, 5.41) is 7.23. The molecule has 0 radical (unpaired) electrons. The van der Waals surface area contributed by atoms with E-state index in [0.29, 0.717) is 28.6 Å². The van der Waals surface area contributed by atoms with Crippen LogP contribution in [0.5, 0.6) is 0 Å². The molecule has 0 atom stereocenters. The second-order valence-electron chi connectivity index (χ2n) is 11.0. The zero-order chi connectivity index (χ0) is 26.5. The number of halogens is 1. The number of benzene rings is 1. The van der Waals surface area contributed by atoms with Crippen molar-refractivity contribution in [2.24, 2.45) is 0 Å². The Kier molecular flexibility index (Phi) is 6.10. The van der Waals surface area contributed by atoms with Crippen LogP contribution in [0.2, 0.25) is 0 Å². The number of nitrogens with one attached hydrogen (secondary N) is 2. The van der Waals surface area contributed by atoms with Crippen molar-refractivity contribution in [3.8, 4) is 5.82 Å². The number of alkyl halides is 1. The molecule has 1 aliphatic heterocycles. The van der Waals surface area contributed by atoms with Crippen molar-refractivity contribution in [2.45, 2.75) is 65.0 Å². The SMILES string of the molecule is CC(C)n1c(=O)c2cnc(Nc3ccc4c(c3)CCNC4(C)C)nc2n1-c1ccnc(C(C)(C)CF)n1. The van der Waals surface area contributed by atoms with Gasteiger partial charge in [-0.3, -0.25) is 9.18 Å². The van der Waals surface area contributed by atoms with Gasteiger partial charge in [-0.15, -0.1) is 0 Å². The standard InChI is InChI=1S/C27H33FN8O/c1-16(2)35-23(37)19-14-30-25(32-18-7-8-20-17(13-18)9-12-31-27(20,5)6)34-22(19)36(35)21-10-11-29-24(33-21)26(3,4)15-28/h7-8,10-11,13-14,16,31H,9,12,15H2,1-6H3,(H,30,32,34). The van der Waals surface area contributed by atoms with Crippen molar-refractivity contribution in [3.63, 3.8) is 0 Å². The summed E-state index contributed by atoms with van der Waals surface area (Å²) in [6.07, 6.45) is 4.07. The Balaban J connectivity index is 1.61. The number of aromatic nitrogens is 6. The van der Waals surface area contributed by atoms with Gasteiger partial charge < -0.3 is 10.6 Å². The Labute approximate surface area is 215 Å². The van der Waals surface area contributed by atoms with Crippen LogP contribution in [0.15, 0.2) is 41.5 Å². The molecule has 37 heavy (non-hydrogen) atoms. The highest BCUT2D eigenvalue weighted by molar-refractivity contribution is 5.77. The molecular weight excluding hydrogens is 471 g/mol. The fraction of sp³-hybridized carbons (Fsp3) is 0.444. The number of anilines is 2. The minimum atomic E-state index is -0.861. The summed E-state index contributed by atoms with van der Waals surface area (Å²) in [5.41, 5.74) is 2.69. The van der Waals surface area contributed by atoms with Crippen LogP contribution < -0.4 is 16.2 Å². The lowest BCUT2D eigenvalue weighted by atomic mass is 9.85. The molecule has 194 valence electrons. The molecule has 0 bridgehead atoms. The van der Waals surface area contributed by atoms with Crippen LogP contribution in [-0.4, -0.2) is 42.5 Å². The summed E-state index contributed by atoms with van der Waals surface area (Å²) in [6.45, 7) is 12.0. The molecule has 0 amide bonds. The van der Waals surface area contributed by atoms with Crippen molar-refractivity contribution >= 4 is 22.7 Å². The number of hydrogen-bond acceptors (Lipinski definition) is 7. The van der Waals surface area contributed by atoms with Crippen molar-refractivity contribution < 1.29 is 4.39 Å². The van der Waals surface area contributed by atoms with Gasteiger partial charge in [-0.05, 0) is 63.9 Å². The molecule has 0 spiro atoms. The first-order valence-electron chi connectivity index (χ1n) is 12.6. The first-order valence-corrected chi connectivity index (χ1v) is 12.6. The Morgan fingerprint density at radius 3 is 2.70 bits per heavy atom. The smallest absolute Gasteiger partial charge is 0.278 e. The molecule has 2 N–H and O–H groups in total. The molecule has 0 fully saturated rings. The van der Waals surface area contributed by atoms with Gasteiger partial charge in [-0.2, -0.15) is 4.98 Å². The normalized spacial score (nSPS) is 15.2. The van der Waals surface area contributed by atoms with Crippen molar-refractivity contribution in [2.75, 3.05) is 18.5 Å². The van der Waals surface area contributed by atoms with Gasteiger partial charge in [0.05, 0.1) is 5.41 Å². The van der Waals surface area contributed by atoms with E-state index in [0.717, 1.165) is 18.7 Å². The topological polar surface area (TPSA) is 103 Å². The van der Waals surface area contributed by atoms with E-state index in [9.17, 15) is 9.18 Å². The van der Waals surface area contributed by atoms with Crippen molar-refractivity contribution in [3.05, 3.63) is 64.0 Å². The first-order chi connectivity index (χ1) is 17.5. The van der Waals surface area contributed by atoms with E-state index >= 15 is 0 Å². The molecule has 3 aromatic heterocycles. The number of hydrogen-bond donors (Lipinski definition) is 2. The lowest BCUT2D eigenvalue weighted by molar-refractivity contribution is 0.336. The highest BCUT2D eigenvalue weighted by Gasteiger charge is 2.28. The average Bonchev–Trinajstić information content (AvgIpc) is 3.15. The third-order valence-electron chi connectivity index (χ3n) is 6.91. The van der Waals surface area contributed by atoms with Gasteiger partial charge in [0.1, 0.15) is 17.9 Å². The van der Waals surface area contributed by atoms with Gasteiger partial charge in [-0.25, -0.2) is 24.3 Å². The molecule has 10 heteroatoms. The molecular formula is C27H33FN8O. The third-order valence-corrected chi connectivity index (χ3v) is 6.91. The maximum absolute atomic E-state index is 13.7. The van der Waals surface area contributed by atoms with Crippen LogP contribution in [-0.2, 0) is 17.4 Å². The summed E-state index contributed by atoms with van der Waals surface area (Å²) >= 11 is 0. The van der Waals surface area contributed by atoms with E-state index in [1.807, 2.05) is 19.9 Å². The van der Waals surface area contributed by atoms with Crippen molar-refractivity contribution in [1.29, 1.82) is 0 Å². The molecule has 4 aromatic rings. The Bertz CT molecular complexity index is 1540. The average molecular weight is 505 g/mol. The van der Waals surface area contributed by atoms with E-state index < -0.39 is 12.1 Å². The van der Waals surface area contributed by atoms with Crippen LogP contribution >= 0.6 is 0 Å². The zero-order valence-electron chi connectivity index (χ0n) is 22.1. The van der Waals surface area contributed by atoms with Crippen LogP contribution in [0.3, 0.4) is 0 Å². The lowest BCUT2D eigenvalue weighted by Crippen LogP contribution is -2.42. The van der Waals surface area contributed by atoms with Crippen LogP contribution in [0.1, 0.15) is 64.5 Å². The predicted octanol–water partition coefficient (Wildman–Crippen LogP) is 4.32. The van der Waals surface area contributed by atoms with E-state index in [1.165, 1.54) is 11.1 Å². The Morgan fingerprint density at radius 1 is 1.19 bits per heavy atom. The molecule has 0 unspecified atom stereocenters. The van der Waals surface area contributed by atoms with Gasteiger partial charge in [0.15, 0.2) is 11.5 Å². The van der Waals surface area contributed by atoms with Crippen molar-refractivity contribution in [1.82, 2.24) is 34.6 Å². The largest absolute Gasteiger partial charge is 0.324 e. The molecule has 1 aromatic carbocycles. The lowest BCUT2D eigenvalue weighted by Gasteiger charge is -2.34.